The summed E-state index contributed by atoms with van der Waals surface area (Å²) in [6.45, 7) is 11.1. The number of allylic oxidation sites excluding steroid dienone is 2. The van der Waals surface area contributed by atoms with Gasteiger partial charge in [-0.25, -0.2) is 0 Å². The molecule has 0 radical (unpaired) electrons. The van der Waals surface area contributed by atoms with Gasteiger partial charge in [-0.05, 0) is 35.7 Å². The molecule has 0 atom stereocenters. The maximum absolute atomic E-state index is 4.19. The lowest BCUT2D eigenvalue weighted by Crippen LogP contribution is -2.11. The van der Waals surface area contributed by atoms with Crippen molar-refractivity contribution in [3.05, 3.63) is 73.0 Å². The fourth-order valence-corrected chi connectivity index (χ4v) is 2.81. The zero-order valence-electron chi connectivity index (χ0n) is 15.0. The second kappa shape index (κ2) is 8.30. The van der Waals surface area contributed by atoms with E-state index in [9.17, 15) is 0 Å². The van der Waals surface area contributed by atoms with E-state index in [0.29, 0.717) is 0 Å². The fourth-order valence-electron chi connectivity index (χ4n) is 2.81. The van der Waals surface area contributed by atoms with E-state index in [4.69, 9.17) is 0 Å². The standard InChI is InChI=1S/C22H27N2/c1-6-16-24(17-7-2)18(3)12-13-19-14-15-22(23(4)5)21-11-9-8-10-20(19)21/h6,8-16H,1,3,7,17H2,2,4-5H3/q+1/b13-12+,24-16?. The molecule has 24 heavy (non-hydrogen) atoms. The monoisotopic (exact) mass is 319 g/mol. The van der Waals surface area contributed by atoms with Crippen molar-refractivity contribution in [2.45, 2.75) is 13.3 Å². The van der Waals surface area contributed by atoms with Gasteiger partial charge >= 0.3 is 0 Å². The third-order valence-electron chi connectivity index (χ3n) is 3.99. The Morgan fingerprint density at radius 2 is 1.83 bits per heavy atom. The van der Waals surface area contributed by atoms with Crippen LogP contribution in [-0.2, 0) is 0 Å². The van der Waals surface area contributed by atoms with Gasteiger partial charge in [0.15, 0.2) is 11.9 Å². The van der Waals surface area contributed by atoms with Gasteiger partial charge in [0.05, 0.1) is 0 Å². The number of rotatable bonds is 7. The molecule has 0 N–H and O–H groups in total. The van der Waals surface area contributed by atoms with Crippen molar-refractivity contribution in [2.24, 2.45) is 0 Å². The van der Waals surface area contributed by atoms with Crippen LogP contribution in [0.2, 0.25) is 0 Å². The first-order valence-corrected chi connectivity index (χ1v) is 8.37. The Kier molecular flexibility index (Phi) is 6.14. The molecule has 0 heterocycles. The SMILES string of the molecule is C=CC=[N+](CCC)C(=C)/C=C/c1ccc(N(C)C)c2ccccc12. The van der Waals surface area contributed by atoms with Gasteiger partial charge in [0.25, 0.3) is 0 Å². The molecule has 0 amide bonds. The summed E-state index contributed by atoms with van der Waals surface area (Å²) in [5.41, 5.74) is 3.40. The minimum absolute atomic E-state index is 0.940. The summed E-state index contributed by atoms with van der Waals surface area (Å²) in [6, 6.07) is 12.9. The second-order valence-electron chi connectivity index (χ2n) is 6.02. The maximum atomic E-state index is 4.19. The number of hydrogen-bond donors (Lipinski definition) is 0. The quantitative estimate of drug-likeness (QED) is 0.390. The summed E-state index contributed by atoms with van der Waals surface area (Å²) in [5, 5.41) is 2.51. The molecule has 0 aliphatic rings. The summed E-state index contributed by atoms with van der Waals surface area (Å²) >= 11 is 0. The van der Waals surface area contributed by atoms with Gasteiger partial charge in [0.1, 0.15) is 6.54 Å². The van der Waals surface area contributed by atoms with E-state index in [1.54, 1.807) is 6.08 Å². The molecule has 0 unspecified atom stereocenters. The molecule has 0 aliphatic heterocycles. The van der Waals surface area contributed by atoms with Crippen molar-refractivity contribution < 1.29 is 4.58 Å². The first-order valence-electron chi connectivity index (χ1n) is 8.37. The molecule has 0 saturated carbocycles. The Morgan fingerprint density at radius 3 is 2.46 bits per heavy atom. The average Bonchev–Trinajstić information content (AvgIpc) is 2.58. The topological polar surface area (TPSA) is 6.25 Å². The largest absolute Gasteiger partial charge is 0.377 e. The molecule has 124 valence electrons. The Balaban J connectivity index is 2.40. The van der Waals surface area contributed by atoms with E-state index in [2.05, 4.69) is 92.2 Å². The molecular weight excluding hydrogens is 292 g/mol. The molecule has 0 aromatic heterocycles. The van der Waals surface area contributed by atoms with Crippen molar-refractivity contribution in [3.8, 4) is 0 Å². The third kappa shape index (κ3) is 4.02. The molecule has 2 aromatic carbocycles. The van der Waals surface area contributed by atoms with Crippen molar-refractivity contribution in [1.82, 2.24) is 0 Å². The molecule has 0 fully saturated rings. The lowest BCUT2D eigenvalue weighted by molar-refractivity contribution is -0.465. The minimum atomic E-state index is 0.940. The summed E-state index contributed by atoms with van der Waals surface area (Å²) in [6.07, 6.45) is 9.06. The molecule has 2 rings (SSSR count). The fraction of sp³-hybridized carbons (Fsp3) is 0.227. The lowest BCUT2D eigenvalue weighted by Gasteiger charge is -2.16. The van der Waals surface area contributed by atoms with Crippen LogP contribution < -0.4 is 4.90 Å². The van der Waals surface area contributed by atoms with E-state index in [1.807, 2.05) is 6.21 Å². The van der Waals surface area contributed by atoms with Crippen LogP contribution in [0.15, 0.2) is 67.4 Å². The maximum Gasteiger partial charge on any atom is 0.197 e. The Bertz CT molecular complexity index is 795. The summed E-state index contributed by atoms with van der Waals surface area (Å²) in [4.78, 5) is 2.15. The van der Waals surface area contributed by atoms with Crippen LogP contribution in [0.4, 0.5) is 5.69 Å². The van der Waals surface area contributed by atoms with E-state index in [0.717, 1.165) is 18.7 Å². The van der Waals surface area contributed by atoms with Gasteiger partial charge < -0.3 is 4.90 Å². The molecular formula is C22H27N2+. The zero-order chi connectivity index (χ0) is 17.5. The Labute approximate surface area is 145 Å². The minimum Gasteiger partial charge on any atom is -0.377 e. The molecule has 0 bridgehead atoms. The van der Waals surface area contributed by atoms with Crippen LogP contribution in [0.3, 0.4) is 0 Å². The molecule has 2 heteroatoms. The van der Waals surface area contributed by atoms with Gasteiger partial charge in [-0.15, -0.1) is 0 Å². The zero-order valence-corrected chi connectivity index (χ0v) is 15.0. The lowest BCUT2D eigenvalue weighted by atomic mass is 10.0. The summed E-state index contributed by atoms with van der Waals surface area (Å²) < 4.78 is 2.12. The molecule has 2 aromatic rings. The number of fused-ring (bicyclic) bond motifs is 1. The Hall–Kier alpha value is -2.61. The molecule has 0 saturated heterocycles. The predicted octanol–water partition coefficient (Wildman–Crippen LogP) is 5.11. The van der Waals surface area contributed by atoms with E-state index >= 15 is 0 Å². The summed E-state index contributed by atoms with van der Waals surface area (Å²) in [5.74, 6) is 0. The van der Waals surface area contributed by atoms with Gasteiger partial charge in [0.2, 0.25) is 0 Å². The van der Waals surface area contributed by atoms with Crippen molar-refractivity contribution in [1.29, 1.82) is 0 Å². The van der Waals surface area contributed by atoms with Crippen molar-refractivity contribution in [3.63, 3.8) is 0 Å². The number of benzene rings is 2. The van der Waals surface area contributed by atoms with Crippen molar-refractivity contribution >= 4 is 28.8 Å². The van der Waals surface area contributed by atoms with Crippen LogP contribution in [0.5, 0.6) is 0 Å². The molecule has 0 spiro atoms. The normalized spacial score (nSPS) is 11.9. The van der Waals surface area contributed by atoms with Gasteiger partial charge in [-0.3, -0.25) is 0 Å². The van der Waals surface area contributed by atoms with Crippen LogP contribution in [-0.4, -0.2) is 31.4 Å². The highest BCUT2D eigenvalue weighted by Gasteiger charge is 2.07. The molecule has 0 aliphatic carbocycles. The highest BCUT2D eigenvalue weighted by atomic mass is 15.1. The van der Waals surface area contributed by atoms with Gasteiger partial charge in [-0.1, -0.05) is 43.8 Å². The highest BCUT2D eigenvalue weighted by molar-refractivity contribution is 5.99. The Morgan fingerprint density at radius 1 is 1.12 bits per heavy atom. The smallest absolute Gasteiger partial charge is 0.197 e. The average molecular weight is 319 g/mol. The van der Waals surface area contributed by atoms with E-state index in [1.165, 1.54) is 22.0 Å². The van der Waals surface area contributed by atoms with Crippen LogP contribution >= 0.6 is 0 Å². The van der Waals surface area contributed by atoms with E-state index < -0.39 is 0 Å². The van der Waals surface area contributed by atoms with Gasteiger partial charge in [0, 0.05) is 37.7 Å². The first-order chi connectivity index (χ1) is 11.6. The van der Waals surface area contributed by atoms with Gasteiger partial charge in [-0.2, -0.15) is 4.58 Å². The van der Waals surface area contributed by atoms with Crippen LogP contribution in [0, 0.1) is 0 Å². The highest BCUT2D eigenvalue weighted by Crippen LogP contribution is 2.29. The second-order valence-corrected chi connectivity index (χ2v) is 6.02. The predicted molar refractivity (Wildman–Crippen MR) is 108 cm³/mol. The number of hydrogen-bond acceptors (Lipinski definition) is 1. The first kappa shape index (κ1) is 17.7. The number of anilines is 1. The third-order valence-corrected chi connectivity index (χ3v) is 3.99. The summed E-state index contributed by atoms with van der Waals surface area (Å²) in [7, 11) is 4.15. The number of nitrogens with zero attached hydrogens (tertiary/aromatic N) is 2. The van der Waals surface area contributed by atoms with Crippen molar-refractivity contribution in [2.75, 3.05) is 25.5 Å². The molecule has 2 nitrogen and oxygen atoms in total. The van der Waals surface area contributed by atoms with E-state index in [-0.39, 0.29) is 0 Å². The van der Waals surface area contributed by atoms with Crippen LogP contribution in [0.1, 0.15) is 18.9 Å². The van der Waals surface area contributed by atoms with Crippen LogP contribution in [0.25, 0.3) is 16.8 Å².